The van der Waals surface area contributed by atoms with Crippen molar-refractivity contribution in [2.75, 3.05) is 0 Å². The van der Waals surface area contributed by atoms with Crippen molar-refractivity contribution in [3.8, 4) is 0 Å². The van der Waals surface area contributed by atoms with E-state index in [9.17, 15) is 0 Å². The molecule has 0 bridgehead atoms. The predicted molar refractivity (Wildman–Crippen MR) is 74.6 cm³/mol. The summed E-state index contributed by atoms with van der Waals surface area (Å²) in [5.74, 6) is 0. The lowest BCUT2D eigenvalue weighted by Gasteiger charge is -2.07. The third kappa shape index (κ3) is 2.46. The second-order valence-corrected chi connectivity index (χ2v) is 4.92. The standard InChI is InChI=1S/C15H16Br/c1-2-3-4-7-12-8-5-10-14-13(12)9-6-11-15(14)16/h5-6,8-11H,1-4,7H2. The molecule has 0 aliphatic rings. The third-order valence-electron chi connectivity index (χ3n) is 2.91. The highest BCUT2D eigenvalue weighted by Crippen LogP contribution is 2.27. The van der Waals surface area contributed by atoms with E-state index in [1.165, 1.54) is 33.7 Å². The Morgan fingerprint density at radius 3 is 2.50 bits per heavy atom. The van der Waals surface area contributed by atoms with Gasteiger partial charge < -0.3 is 0 Å². The summed E-state index contributed by atoms with van der Waals surface area (Å²) in [6.45, 7) is 3.89. The van der Waals surface area contributed by atoms with Crippen LogP contribution in [0.5, 0.6) is 0 Å². The van der Waals surface area contributed by atoms with Crippen molar-refractivity contribution >= 4 is 26.7 Å². The molecule has 2 aromatic rings. The van der Waals surface area contributed by atoms with Gasteiger partial charge in [-0.25, -0.2) is 0 Å². The lowest BCUT2D eigenvalue weighted by molar-refractivity contribution is 0.749. The van der Waals surface area contributed by atoms with E-state index in [1.54, 1.807) is 0 Å². The van der Waals surface area contributed by atoms with E-state index in [1.807, 2.05) is 0 Å². The number of halogens is 1. The van der Waals surface area contributed by atoms with Crippen molar-refractivity contribution in [3.63, 3.8) is 0 Å². The molecule has 0 N–H and O–H groups in total. The molecule has 0 unspecified atom stereocenters. The van der Waals surface area contributed by atoms with Crippen LogP contribution < -0.4 is 0 Å². The van der Waals surface area contributed by atoms with E-state index in [0.717, 1.165) is 12.8 Å². The molecule has 2 aromatic carbocycles. The first-order valence-electron chi connectivity index (χ1n) is 5.78. The summed E-state index contributed by atoms with van der Waals surface area (Å²) < 4.78 is 1.18. The van der Waals surface area contributed by atoms with Gasteiger partial charge in [0.15, 0.2) is 0 Å². The van der Waals surface area contributed by atoms with Crippen LogP contribution >= 0.6 is 15.9 Å². The molecule has 0 aliphatic heterocycles. The van der Waals surface area contributed by atoms with Gasteiger partial charge in [0.05, 0.1) is 0 Å². The van der Waals surface area contributed by atoms with Crippen molar-refractivity contribution in [3.05, 3.63) is 53.4 Å². The predicted octanol–water partition coefficient (Wildman–Crippen LogP) is 5.15. The fraction of sp³-hybridized carbons (Fsp3) is 0.267. The van der Waals surface area contributed by atoms with Crippen LogP contribution in [-0.4, -0.2) is 0 Å². The van der Waals surface area contributed by atoms with E-state index in [-0.39, 0.29) is 0 Å². The maximum absolute atomic E-state index is 3.89. The number of hydrogen-bond donors (Lipinski definition) is 0. The average molecular weight is 276 g/mol. The highest BCUT2D eigenvalue weighted by molar-refractivity contribution is 9.10. The summed E-state index contributed by atoms with van der Waals surface area (Å²) in [4.78, 5) is 0. The molecule has 16 heavy (non-hydrogen) atoms. The van der Waals surface area contributed by atoms with Gasteiger partial charge in [-0.3, -0.25) is 0 Å². The largest absolute Gasteiger partial charge is 0.0613 e. The zero-order valence-electron chi connectivity index (χ0n) is 9.38. The summed E-state index contributed by atoms with van der Waals surface area (Å²) in [5, 5.41) is 2.69. The molecule has 1 heteroatoms. The summed E-state index contributed by atoms with van der Waals surface area (Å²) in [6.07, 6.45) is 4.64. The van der Waals surface area contributed by atoms with Gasteiger partial charge in [0, 0.05) is 4.47 Å². The van der Waals surface area contributed by atoms with Gasteiger partial charge >= 0.3 is 0 Å². The lowest BCUT2D eigenvalue weighted by atomic mass is 10.00. The van der Waals surface area contributed by atoms with Crippen LogP contribution in [-0.2, 0) is 6.42 Å². The Morgan fingerprint density at radius 2 is 1.69 bits per heavy atom. The second kappa shape index (κ2) is 5.49. The molecule has 0 spiro atoms. The van der Waals surface area contributed by atoms with Crippen molar-refractivity contribution in [2.45, 2.75) is 25.7 Å². The summed E-state index contributed by atoms with van der Waals surface area (Å²) in [5.41, 5.74) is 1.45. The van der Waals surface area contributed by atoms with Crippen molar-refractivity contribution < 1.29 is 0 Å². The second-order valence-electron chi connectivity index (χ2n) is 4.06. The molecule has 0 aliphatic carbocycles. The van der Waals surface area contributed by atoms with Gasteiger partial charge in [0.2, 0.25) is 0 Å². The minimum Gasteiger partial charge on any atom is -0.0613 e. The molecular formula is C15H16Br. The minimum absolute atomic E-state index is 1.04. The first kappa shape index (κ1) is 11.7. The van der Waals surface area contributed by atoms with Gasteiger partial charge in [-0.15, -0.1) is 0 Å². The number of rotatable bonds is 4. The first-order valence-corrected chi connectivity index (χ1v) is 6.57. The Morgan fingerprint density at radius 1 is 0.938 bits per heavy atom. The maximum Gasteiger partial charge on any atom is 0.0253 e. The number of benzene rings is 2. The van der Waals surface area contributed by atoms with Crippen LogP contribution in [0.15, 0.2) is 40.9 Å². The highest BCUT2D eigenvalue weighted by Gasteiger charge is 2.02. The fourth-order valence-electron chi connectivity index (χ4n) is 2.05. The Balaban J connectivity index is 2.34. The van der Waals surface area contributed by atoms with Gasteiger partial charge in [-0.2, -0.15) is 0 Å². The van der Waals surface area contributed by atoms with E-state index >= 15 is 0 Å². The van der Waals surface area contributed by atoms with Crippen LogP contribution in [0, 0.1) is 6.92 Å². The lowest BCUT2D eigenvalue weighted by Crippen LogP contribution is -1.88. The number of unbranched alkanes of at least 4 members (excludes halogenated alkanes) is 2. The number of aryl methyl sites for hydroxylation is 1. The van der Waals surface area contributed by atoms with E-state index < -0.39 is 0 Å². The normalized spacial score (nSPS) is 10.9. The van der Waals surface area contributed by atoms with Crippen LogP contribution in [0.2, 0.25) is 0 Å². The Labute approximate surface area is 106 Å². The zero-order valence-corrected chi connectivity index (χ0v) is 11.0. The number of fused-ring (bicyclic) bond motifs is 1. The molecule has 0 amide bonds. The maximum atomic E-state index is 3.89. The molecule has 0 aromatic heterocycles. The highest BCUT2D eigenvalue weighted by atomic mass is 79.9. The molecule has 0 fully saturated rings. The van der Waals surface area contributed by atoms with Crippen LogP contribution in [0.4, 0.5) is 0 Å². The van der Waals surface area contributed by atoms with Gasteiger partial charge in [-0.1, -0.05) is 66.0 Å². The summed E-state index contributed by atoms with van der Waals surface area (Å²) in [6, 6.07) is 13.0. The smallest absolute Gasteiger partial charge is 0.0253 e. The topological polar surface area (TPSA) is 0 Å². The van der Waals surface area contributed by atoms with Crippen LogP contribution in [0.25, 0.3) is 10.8 Å². The number of hydrogen-bond acceptors (Lipinski definition) is 0. The van der Waals surface area contributed by atoms with Gasteiger partial charge in [0.25, 0.3) is 0 Å². The first-order chi connectivity index (χ1) is 7.83. The molecule has 0 atom stereocenters. The Hall–Kier alpha value is -0.820. The van der Waals surface area contributed by atoms with E-state index in [4.69, 9.17) is 0 Å². The van der Waals surface area contributed by atoms with E-state index in [2.05, 4.69) is 59.3 Å². The summed E-state index contributed by atoms with van der Waals surface area (Å²) >= 11 is 3.60. The van der Waals surface area contributed by atoms with Crippen LogP contribution in [0.1, 0.15) is 24.8 Å². The summed E-state index contributed by atoms with van der Waals surface area (Å²) in [7, 11) is 0. The van der Waals surface area contributed by atoms with E-state index in [0.29, 0.717) is 0 Å². The third-order valence-corrected chi connectivity index (χ3v) is 3.60. The molecule has 0 nitrogen and oxygen atoms in total. The molecule has 0 saturated carbocycles. The van der Waals surface area contributed by atoms with Crippen molar-refractivity contribution in [1.29, 1.82) is 0 Å². The molecule has 0 saturated heterocycles. The monoisotopic (exact) mass is 275 g/mol. The molecular weight excluding hydrogens is 260 g/mol. The molecule has 83 valence electrons. The molecule has 2 rings (SSSR count). The van der Waals surface area contributed by atoms with Gasteiger partial charge in [-0.05, 0) is 35.2 Å². The Kier molecular flexibility index (Phi) is 4.00. The van der Waals surface area contributed by atoms with Crippen molar-refractivity contribution in [1.82, 2.24) is 0 Å². The Bertz CT molecular complexity index is 474. The van der Waals surface area contributed by atoms with Crippen LogP contribution in [0.3, 0.4) is 0 Å². The zero-order chi connectivity index (χ0) is 11.4. The van der Waals surface area contributed by atoms with Gasteiger partial charge in [0.1, 0.15) is 0 Å². The van der Waals surface area contributed by atoms with Crippen molar-refractivity contribution in [2.24, 2.45) is 0 Å². The molecule has 1 radical (unpaired) electrons. The molecule has 0 heterocycles. The fourth-order valence-corrected chi connectivity index (χ4v) is 2.55. The average Bonchev–Trinajstić information content (AvgIpc) is 2.31. The quantitative estimate of drug-likeness (QED) is 0.677. The minimum atomic E-state index is 1.04. The SMILES string of the molecule is [CH2]CCCCc1cccc2c(Br)cccc12.